The molecular weight excluding hydrogens is 252 g/mol. The molecular formula is C13H15ClN2S. The molecule has 1 N–H and O–H groups in total. The van der Waals surface area contributed by atoms with Gasteiger partial charge in [-0.15, -0.1) is 0 Å². The average molecular weight is 267 g/mol. The van der Waals surface area contributed by atoms with Crippen LogP contribution in [0.1, 0.15) is 26.2 Å². The van der Waals surface area contributed by atoms with Gasteiger partial charge in [-0.3, -0.25) is 0 Å². The minimum Gasteiger partial charge on any atom is -0.361 e. The maximum absolute atomic E-state index is 5.95. The number of halogens is 1. The number of fused-ring (bicyclic) bond motifs is 1. The summed E-state index contributed by atoms with van der Waals surface area (Å²) >= 11 is 7.65. The second-order valence-electron chi connectivity index (χ2n) is 5.15. The zero-order valence-corrected chi connectivity index (χ0v) is 11.4. The smallest absolute Gasteiger partial charge is 0.183 e. The predicted octanol–water partition coefficient (Wildman–Crippen LogP) is 4.55. The average Bonchev–Trinajstić information content (AvgIpc) is 2.65. The zero-order valence-electron chi connectivity index (χ0n) is 9.79. The van der Waals surface area contributed by atoms with E-state index in [1.165, 1.54) is 24.0 Å². The summed E-state index contributed by atoms with van der Waals surface area (Å²) < 4.78 is 1.19. The monoisotopic (exact) mass is 266 g/mol. The second-order valence-corrected chi connectivity index (χ2v) is 6.62. The van der Waals surface area contributed by atoms with E-state index >= 15 is 0 Å². The first-order valence-corrected chi connectivity index (χ1v) is 7.14. The van der Waals surface area contributed by atoms with Gasteiger partial charge in [-0.1, -0.05) is 36.3 Å². The fourth-order valence-electron chi connectivity index (χ4n) is 2.22. The van der Waals surface area contributed by atoms with Gasteiger partial charge in [-0.25, -0.2) is 4.98 Å². The lowest BCUT2D eigenvalue weighted by Crippen LogP contribution is -2.33. The molecule has 17 heavy (non-hydrogen) atoms. The van der Waals surface area contributed by atoms with E-state index in [0.29, 0.717) is 5.41 Å². The highest BCUT2D eigenvalue weighted by Gasteiger charge is 2.31. The minimum absolute atomic E-state index is 0.482. The van der Waals surface area contributed by atoms with Gasteiger partial charge in [0.05, 0.1) is 10.2 Å². The fourth-order valence-corrected chi connectivity index (χ4v) is 3.23. The van der Waals surface area contributed by atoms with Crippen LogP contribution in [0.5, 0.6) is 0 Å². The normalized spacial score (nSPS) is 18.0. The second kappa shape index (κ2) is 4.14. The van der Waals surface area contributed by atoms with Gasteiger partial charge in [0.1, 0.15) is 0 Å². The largest absolute Gasteiger partial charge is 0.361 e. The van der Waals surface area contributed by atoms with E-state index in [1.54, 1.807) is 11.3 Å². The van der Waals surface area contributed by atoms with E-state index in [-0.39, 0.29) is 0 Å². The SMILES string of the molecule is CC1(CNc2nc3cc(Cl)ccc3s2)CCC1. The molecule has 4 heteroatoms. The Morgan fingerprint density at radius 3 is 3.00 bits per heavy atom. The van der Waals surface area contributed by atoms with Crippen LogP contribution < -0.4 is 5.32 Å². The number of nitrogens with one attached hydrogen (secondary N) is 1. The van der Waals surface area contributed by atoms with Gasteiger partial charge in [0.2, 0.25) is 0 Å². The number of hydrogen-bond donors (Lipinski definition) is 1. The third-order valence-corrected chi connectivity index (χ3v) is 4.81. The third kappa shape index (κ3) is 2.26. The molecule has 1 aromatic heterocycles. The van der Waals surface area contributed by atoms with Crippen molar-refractivity contribution < 1.29 is 0 Å². The van der Waals surface area contributed by atoms with Crippen LogP contribution >= 0.6 is 22.9 Å². The van der Waals surface area contributed by atoms with Crippen molar-refractivity contribution in [1.82, 2.24) is 4.98 Å². The lowest BCUT2D eigenvalue weighted by molar-refractivity contribution is 0.180. The Morgan fingerprint density at radius 1 is 1.47 bits per heavy atom. The summed E-state index contributed by atoms with van der Waals surface area (Å²) in [6.07, 6.45) is 4.03. The Morgan fingerprint density at radius 2 is 2.29 bits per heavy atom. The van der Waals surface area contributed by atoms with Crippen LogP contribution in [-0.2, 0) is 0 Å². The Bertz CT molecular complexity index is 545. The van der Waals surface area contributed by atoms with Crippen LogP contribution in [0.15, 0.2) is 18.2 Å². The van der Waals surface area contributed by atoms with Crippen molar-refractivity contribution in [3.63, 3.8) is 0 Å². The van der Waals surface area contributed by atoms with Crippen LogP contribution in [0.4, 0.5) is 5.13 Å². The first-order chi connectivity index (χ1) is 8.15. The van der Waals surface area contributed by atoms with Gasteiger partial charge in [-0.05, 0) is 36.5 Å². The van der Waals surface area contributed by atoms with Crippen molar-refractivity contribution in [3.05, 3.63) is 23.2 Å². The van der Waals surface area contributed by atoms with E-state index in [2.05, 4.69) is 17.2 Å². The maximum atomic E-state index is 5.95. The van der Waals surface area contributed by atoms with E-state index in [0.717, 1.165) is 22.2 Å². The van der Waals surface area contributed by atoms with Gasteiger partial charge >= 0.3 is 0 Å². The van der Waals surface area contributed by atoms with Gasteiger partial charge < -0.3 is 5.32 Å². The Balaban J connectivity index is 1.76. The number of thiazole rings is 1. The molecule has 1 aliphatic rings. The van der Waals surface area contributed by atoms with Gasteiger partial charge in [-0.2, -0.15) is 0 Å². The molecule has 0 amide bonds. The first-order valence-electron chi connectivity index (χ1n) is 5.95. The Labute approximate surface area is 110 Å². The molecule has 3 rings (SSSR count). The van der Waals surface area contributed by atoms with Crippen molar-refractivity contribution in [2.75, 3.05) is 11.9 Å². The summed E-state index contributed by atoms with van der Waals surface area (Å²) in [6, 6.07) is 5.87. The Hall–Kier alpha value is -0.800. The first kappa shape index (κ1) is 11.3. The van der Waals surface area contributed by atoms with E-state index in [1.807, 2.05) is 18.2 Å². The lowest BCUT2D eigenvalue weighted by Gasteiger charge is -2.38. The molecule has 0 spiro atoms. The molecule has 2 nitrogen and oxygen atoms in total. The number of anilines is 1. The highest BCUT2D eigenvalue weighted by molar-refractivity contribution is 7.22. The number of aromatic nitrogens is 1. The number of rotatable bonds is 3. The van der Waals surface area contributed by atoms with E-state index in [4.69, 9.17) is 11.6 Å². The molecule has 0 bridgehead atoms. The number of nitrogens with zero attached hydrogens (tertiary/aromatic N) is 1. The standard InChI is InChI=1S/C13H15ClN2S/c1-13(5-2-6-13)8-15-12-16-10-7-9(14)3-4-11(10)17-12/h3-4,7H,2,5-6,8H2,1H3,(H,15,16). The molecule has 1 saturated carbocycles. The summed E-state index contributed by atoms with van der Waals surface area (Å²) in [5.74, 6) is 0. The summed E-state index contributed by atoms with van der Waals surface area (Å²) in [6.45, 7) is 3.37. The fraction of sp³-hybridized carbons (Fsp3) is 0.462. The van der Waals surface area contributed by atoms with Crippen molar-refractivity contribution in [3.8, 4) is 0 Å². The molecule has 2 aromatic rings. The van der Waals surface area contributed by atoms with Crippen molar-refractivity contribution in [2.45, 2.75) is 26.2 Å². The Kier molecular flexibility index (Phi) is 2.75. The van der Waals surface area contributed by atoms with Gasteiger partial charge in [0.25, 0.3) is 0 Å². The summed E-state index contributed by atoms with van der Waals surface area (Å²) in [7, 11) is 0. The van der Waals surface area contributed by atoms with Crippen LogP contribution in [0, 0.1) is 5.41 Å². The van der Waals surface area contributed by atoms with Crippen molar-refractivity contribution in [2.24, 2.45) is 5.41 Å². The van der Waals surface area contributed by atoms with Crippen LogP contribution in [0.25, 0.3) is 10.2 Å². The van der Waals surface area contributed by atoms with Crippen molar-refractivity contribution >= 4 is 38.3 Å². The molecule has 0 unspecified atom stereocenters. The van der Waals surface area contributed by atoms with E-state index in [9.17, 15) is 0 Å². The topological polar surface area (TPSA) is 24.9 Å². The molecule has 0 radical (unpaired) electrons. The third-order valence-electron chi connectivity index (χ3n) is 3.58. The number of hydrogen-bond acceptors (Lipinski definition) is 3. The van der Waals surface area contributed by atoms with Gasteiger partial charge in [0, 0.05) is 11.6 Å². The zero-order chi connectivity index (χ0) is 11.9. The van der Waals surface area contributed by atoms with Crippen molar-refractivity contribution in [1.29, 1.82) is 0 Å². The van der Waals surface area contributed by atoms with E-state index < -0.39 is 0 Å². The molecule has 1 fully saturated rings. The quantitative estimate of drug-likeness (QED) is 0.881. The van der Waals surface area contributed by atoms with Crippen LogP contribution in [-0.4, -0.2) is 11.5 Å². The highest BCUT2D eigenvalue weighted by atomic mass is 35.5. The molecule has 0 saturated heterocycles. The highest BCUT2D eigenvalue weighted by Crippen LogP contribution is 2.40. The molecule has 1 aliphatic carbocycles. The summed E-state index contributed by atoms with van der Waals surface area (Å²) in [5.41, 5.74) is 1.47. The van der Waals surface area contributed by atoms with Gasteiger partial charge in [0.15, 0.2) is 5.13 Å². The minimum atomic E-state index is 0.482. The molecule has 0 atom stereocenters. The number of benzene rings is 1. The van der Waals surface area contributed by atoms with Crippen LogP contribution in [0.3, 0.4) is 0 Å². The summed E-state index contributed by atoms with van der Waals surface area (Å²) in [4.78, 5) is 4.56. The lowest BCUT2D eigenvalue weighted by atomic mass is 9.70. The van der Waals surface area contributed by atoms with Crippen LogP contribution in [0.2, 0.25) is 5.02 Å². The molecule has 90 valence electrons. The maximum Gasteiger partial charge on any atom is 0.183 e. The molecule has 1 heterocycles. The summed E-state index contributed by atoms with van der Waals surface area (Å²) in [5, 5.41) is 5.22. The molecule has 0 aliphatic heterocycles. The molecule has 1 aromatic carbocycles. The predicted molar refractivity (Wildman–Crippen MR) is 75.1 cm³/mol.